The van der Waals surface area contributed by atoms with Gasteiger partial charge in [-0.2, -0.15) is 0 Å². The van der Waals surface area contributed by atoms with Crippen molar-refractivity contribution in [2.24, 2.45) is 0 Å². The number of carbonyl (C=O) groups is 1. The zero-order chi connectivity index (χ0) is 8.27. The standard InChI is InChI=1S/C7H9N2O2.ClH/c1-3-8-4-5-9(6-8)11-7(2)10;/h3-6H,1H2,2H3;1H/q+1;/p-1. The van der Waals surface area contributed by atoms with Gasteiger partial charge in [0.1, 0.15) is 6.20 Å². The van der Waals surface area contributed by atoms with Crippen molar-refractivity contribution >= 4 is 12.2 Å². The van der Waals surface area contributed by atoms with Crippen LogP contribution in [-0.4, -0.2) is 10.7 Å². The van der Waals surface area contributed by atoms with Gasteiger partial charge < -0.3 is 12.4 Å². The van der Waals surface area contributed by atoms with Crippen LogP contribution in [0.2, 0.25) is 0 Å². The fourth-order valence-electron chi connectivity index (χ4n) is 0.662. The van der Waals surface area contributed by atoms with Gasteiger partial charge in [0.25, 0.3) is 6.33 Å². The minimum atomic E-state index is -0.350. The molecule has 0 atom stereocenters. The van der Waals surface area contributed by atoms with Crippen LogP contribution in [-0.2, 0) is 4.79 Å². The van der Waals surface area contributed by atoms with Crippen molar-refractivity contribution in [2.75, 3.05) is 0 Å². The molecule has 0 bridgehead atoms. The van der Waals surface area contributed by atoms with Crippen LogP contribution in [0.5, 0.6) is 0 Å². The lowest BCUT2D eigenvalue weighted by Gasteiger charge is -1.88. The summed E-state index contributed by atoms with van der Waals surface area (Å²) in [7, 11) is 0. The molecule has 0 aliphatic heterocycles. The van der Waals surface area contributed by atoms with Crippen LogP contribution in [0.15, 0.2) is 25.3 Å². The third-order valence-corrected chi connectivity index (χ3v) is 1.08. The average Bonchev–Trinajstić information content (AvgIpc) is 2.34. The molecule has 0 aliphatic rings. The molecule has 1 rings (SSSR count). The lowest BCUT2D eigenvalue weighted by atomic mass is 10.8. The Hall–Kier alpha value is -1.29. The van der Waals surface area contributed by atoms with E-state index in [-0.39, 0.29) is 18.4 Å². The van der Waals surface area contributed by atoms with E-state index in [2.05, 4.69) is 6.58 Å². The molecule has 66 valence electrons. The van der Waals surface area contributed by atoms with E-state index in [1.165, 1.54) is 11.7 Å². The van der Waals surface area contributed by atoms with E-state index in [0.717, 1.165) is 0 Å². The van der Waals surface area contributed by atoms with Crippen LogP contribution < -0.4 is 21.8 Å². The average molecular weight is 189 g/mol. The predicted octanol–water partition coefficient (Wildman–Crippen LogP) is -3.14. The predicted molar refractivity (Wildman–Crippen MR) is 38.3 cm³/mol. The molecule has 0 spiro atoms. The third-order valence-electron chi connectivity index (χ3n) is 1.08. The highest BCUT2D eigenvalue weighted by Gasteiger charge is 2.03. The van der Waals surface area contributed by atoms with Crippen LogP contribution in [0.4, 0.5) is 0 Å². The van der Waals surface area contributed by atoms with Gasteiger partial charge in [-0.25, -0.2) is 9.36 Å². The minimum Gasteiger partial charge on any atom is -1.00 e. The van der Waals surface area contributed by atoms with E-state index in [9.17, 15) is 4.79 Å². The van der Waals surface area contributed by atoms with Gasteiger partial charge in [-0.05, 0) is 4.73 Å². The molecular weight excluding hydrogens is 180 g/mol. The molecule has 0 amide bonds. The number of nitrogens with zero attached hydrogens (tertiary/aromatic N) is 2. The number of imidazole rings is 1. The number of carbonyl (C=O) groups excluding carboxylic acids is 1. The van der Waals surface area contributed by atoms with E-state index < -0.39 is 0 Å². The Kier molecular flexibility index (Phi) is 4.07. The van der Waals surface area contributed by atoms with Gasteiger partial charge in [0.2, 0.25) is 0 Å². The molecule has 0 saturated carbocycles. The second kappa shape index (κ2) is 4.56. The van der Waals surface area contributed by atoms with Crippen molar-refractivity contribution in [3.8, 4) is 0 Å². The second-order valence-electron chi connectivity index (χ2n) is 1.99. The van der Waals surface area contributed by atoms with E-state index in [4.69, 9.17) is 4.84 Å². The molecule has 0 saturated heterocycles. The number of hydrogen-bond donors (Lipinski definition) is 0. The highest BCUT2D eigenvalue weighted by Crippen LogP contribution is 1.79. The van der Waals surface area contributed by atoms with E-state index in [0.29, 0.717) is 0 Å². The van der Waals surface area contributed by atoms with Crippen LogP contribution >= 0.6 is 0 Å². The quantitative estimate of drug-likeness (QED) is 0.460. The molecule has 0 aromatic carbocycles. The summed E-state index contributed by atoms with van der Waals surface area (Å²) in [5, 5.41) is 0. The first-order valence-electron chi connectivity index (χ1n) is 3.12. The van der Waals surface area contributed by atoms with Gasteiger partial charge >= 0.3 is 5.97 Å². The molecule has 0 N–H and O–H groups in total. The topological polar surface area (TPSA) is 35.1 Å². The lowest BCUT2D eigenvalue weighted by molar-refractivity contribution is -0.568. The summed E-state index contributed by atoms with van der Waals surface area (Å²) in [6, 6.07) is 0. The third kappa shape index (κ3) is 2.75. The summed E-state index contributed by atoms with van der Waals surface area (Å²) in [6.45, 7) is 4.88. The van der Waals surface area contributed by atoms with Gasteiger partial charge in [-0.15, -0.1) is 0 Å². The zero-order valence-electron chi connectivity index (χ0n) is 6.61. The number of hydrogen-bond acceptors (Lipinski definition) is 2. The van der Waals surface area contributed by atoms with Crippen LogP contribution in [0.3, 0.4) is 0 Å². The highest BCUT2D eigenvalue weighted by molar-refractivity contribution is 5.66. The molecule has 1 heterocycles. The van der Waals surface area contributed by atoms with Crippen molar-refractivity contribution in [3.63, 3.8) is 0 Å². The molecule has 12 heavy (non-hydrogen) atoms. The Morgan fingerprint density at radius 2 is 2.42 bits per heavy atom. The van der Waals surface area contributed by atoms with E-state index >= 15 is 0 Å². The summed E-state index contributed by atoms with van der Waals surface area (Å²) in [4.78, 5) is 15.1. The summed E-state index contributed by atoms with van der Waals surface area (Å²) >= 11 is 0. The van der Waals surface area contributed by atoms with Crippen molar-refractivity contribution in [2.45, 2.75) is 6.92 Å². The zero-order valence-corrected chi connectivity index (χ0v) is 7.36. The molecule has 0 unspecified atom stereocenters. The first kappa shape index (κ1) is 10.7. The first-order valence-corrected chi connectivity index (χ1v) is 3.12. The van der Waals surface area contributed by atoms with Crippen LogP contribution in [0.1, 0.15) is 6.92 Å². The van der Waals surface area contributed by atoms with E-state index in [1.807, 2.05) is 0 Å². The number of halogens is 1. The fourth-order valence-corrected chi connectivity index (χ4v) is 0.662. The van der Waals surface area contributed by atoms with Crippen molar-refractivity contribution in [3.05, 3.63) is 25.3 Å². The summed E-state index contributed by atoms with van der Waals surface area (Å²) in [5.41, 5.74) is 0. The molecule has 1 aromatic heterocycles. The van der Waals surface area contributed by atoms with Gasteiger partial charge in [0, 0.05) is 6.92 Å². The van der Waals surface area contributed by atoms with Crippen molar-refractivity contribution < 1.29 is 26.6 Å². The Morgan fingerprint density at radius 3 is 2.83 bits per heavy atom. The smallest absolute Gasteiger partial charge is 0.354 e. The summed E-state index contributed by atoms with van der Waals surface area (Å²) < 4.78 is 2.98. The maximum absolute atomic E-state index is 10.4. The van der Waals surface area contributed by atoms with Crippen molar-refractivity contribution in [1.29, 1.82) is 0 Å². The number of aromatic nitrogens is 2. The van der Waals surface area contributed by atoms with Gasteiger partial charge in [-0.3, -0.25) is 4.84 Å². The van der Waals surface area contributed by atoms with Crippen molar-refractivity contribution in [1.82, 2.24) is 4.73 Å². The molecule has 5 heteroatoms. The summed E-state index contributed by atoms with van der Waals surface area (Å²) in [6.07, 6.45) is 6.52. The molecule has 4 nitrogen and oxygen atoms in total. The Morgan fingerprint density at radius 1 is 1.75 bits per heavy atom. The van der Waals surface area contributed by atoms with Crippen LogP contribution in [0.25, 0.3) is 6.20 Å². The Bertz CT molecular complexity index is 283. The second-order valence-corrected chi connectivity index (χ2v) is 1.99. The monoisotopic (exact) mass is 188 g/mol. The van der Waals surface area contributed by atoms with E-state index in [1.54, 1.807) is 29.5 Å². The molecular formula is C7H9ClN2O2. The summed E-state index contributed by atoms with van der Waals surface area (Å²) in [5.74, 6) is -0.350. The Labute approximate surface area is 76.4 Å². The largest absolute Gasteiger partial charge is 1.00 e. The molecule has 1 aromatic rings. The fraction of sp³-hybridized carbons (Fsp3) is 0.143. The highest BCUT2D eigenvalue weighted by atomic mass is 35.5. The lowest BCUT2D eigenvalue weighted by Crippen LogP contribution is -3.00. The molecule has 0 aliphatic carbocycles. The van der Waals surface area contributed by atoms with Gasteiger partial charge in [-0.1, -0.05) is 6.58 Å². The van der Waals surface area contributed by atoms with Gasteiger partial charge in [0.05, 0.1) is 6.20 Å². The molecule has 0 radical (unpaired) electrons. The first-order chi connectivity index (χ1) is 5.22. The van der Waals surface area contributed by atoms with Crippen LogP contribution in [0, 0.1) is 0 Å². The minimum absolute atomic E-state index is 0. The number of rotatable bonds is 2. The molecule has 0 fully saturated rings. The SMILES string of the molecule is C=C[n+]1ccn(OC(C)=O)c1.[Cl-]. The maximum Gasteiger partial charge on any atom is 0.354 e. The Balaban J connectivity index is 0.00000121. The maximum atomic E-state index is 10.4. The van der Waals surface area contributed by atoms with Gasteiger partial charge in [0.15, 0.2) is 6.20 Å². The normalized spacial score (nSPS) is 8.42.